The van der Waals surface area contributed by atoms with Gasteiger partial charge in [0.2, 0.25) is 0 Å². The Labute approximate surface area is 329 Å². The molecular formula is C47H90O6. The molecule has 0 aliphatic rings. The lowest BCUT2D eigenvalue weighted by atomic mass is 10.0. The molecule has 0 N–H and O–H groups in total. The zero-order valence-corrected chi connectivity index (χ0v) is 36.1. The van der Waals surface area contributed by atoms with Gasteiger partial charge in [-0.15, -0.1) is 0 Å². The Morgan fingerprint density at radius 3 is 0.925 bits per heavy atom. The van der Waals surface area contributed by atoms with E-state index in [-0.39, 0.29) is 31.1 Å². The summed E-state index contributed by atoms with van der Waals surface area (Å²) >= 11 is 0. The lowest BCUT2D eigenvalue weighted by molar-refractivity contribution is -0.167. The highest BCUT2D eigenvalue weighted by molar-refractivity contribution is 5.71. The fraction of sp³-hybridized carbons (Fsp3) is 0.936. The average Bonchev–Trinajstić information content (AvgIpc) is 3.12. The van der Waals surface area contributed by atoms with Crippen LogP contribution in [0.1, 0.15) is 253 Å². The van der Waals surface area contributed by atoms with Crippen molar-refractivity contribution >= 4 is 17.9 Å². The SMILES string of the molecule is CCCCCCCCCCCCCC(=O)O[C@@H](COC(=O)CCCCCCCCCCCCCCC(C)C)COC(=O)CCCCCCCCC(C)C. The molecule has 0 aromatic rings. The zero-order valence-electron chi connectivity index (χ0n) is 36.1. The minimum Gasteiger partial charge on any atom is -0.462 e. The van der Waals surface area contributed by atoms with E-state index in [2.05, 4.69) is 34.6 Å². The Bertz CT molecular complexity index is 809. The van der Waals surface area contributed by atoms with E-state index in [1.165, 1.54) is 141 Å². The molecule has 6 heteroatoms. The molecular weight excluding hydrogens is 661 g/mol. The van der Waals surface area contributed by atoms with Crippen LogP contribution in [0.3, 0.4) is 0 Å². The minimum atomic E-state index is -0.760. The van der Waals surface area contributed by atoms with Crippen LogP contribution in [0.2, 0.25) is 0 Å². The summed E-state index contributed by atoms with van der Waals surface area (Å²) in [6, 6.07) is 0. The molecule has 0 saturated heterocycles. The zero-order chi connectivity index (χ0) is 39.0. The van der Waals surface area contributed by atoms with Crippen LogP contribution in [0.25, 0.3) is 0 Å². The molecule has 0 radical (unpaired) electrons. The smallest absolute Gasteiger partial charge is 0.306 e. The second kappa shape index (κ2) is 40.1. The van der Waals surface area contributed by atoms with E-state index in [9.17, 15) is 14.4 Å². The number of ether oxygens (including phenoxy) is 3. The summed E-state index contributed by atoms with van der Waals surface area (Å²) in [5, 5.41) is 0. The summed E-state index contributed by atoms with van der Waals surface area (Å²) in [4.78, 5) is 37.7. The second-order valence-corrected chi connectivity index (χ2v) is 17.0. The van der Waals surface area contributed by atoms with Gasteiger partial charge < -0.3 is 14.2 Å². The summed E-state index contributed by atoms with van der Waals surface area (Å²) in [6.45, 7) is 11.3. The van der Waals surface area contributed by atoms with E-state index in [1.54, 1.807) is 0 Å². The maximum Gasteiger partial charge on any atom is 0.306 e. The number of esters is 3. The van der Waals surface area contributed by atoms with Crippen LogP contribution in [0, 0.1) is 11.8 Å². The summed E-state index contributed by atoms with van der Waals surface area (Å²) in [5.74, 6) is 0.736. The highest BCUT2D eigenvalue weighted by atomic mass is 16.6. The molecule has 53 heavy (non-hydrogen) atoms. The average molecular weight is 751 g/mol. The molecule has 0 amide bonds. The van der Waals surface area contributed by atoms with Crippen LogP contribution < -0.4 is 0 Å². The fourth-order valence-electron chi connectivity index (χ4n) is 6.93. The van der Waals surface area contributed by atoms with Crippen molar-refractivity contribution in [3.63, 3.8) is 0 Å². The Kier molecular flexibility index (Phi) is 38.9. The van der Waals surface area contributed by atoms with Crippen molar-refractivity contribution in [1.82, 2.24) is 0 Å². The Hall–Kier alpha value is -1.59. The van der Waals surface area contributed by atoms with Crippen LogP contribution in [0.5, 0.6) is 0 Å². The number of unbranched alkanes of at least 4 members (excludes halogenated alkanes) is 26. The topological polar surface area (TPSA) is 78.9 Å². The quantitative estimate of drug-likeness (QED) is 0.0352. The van der Waals surface area contributed by atoms with E-state index in [1.807, 2.05) is 0 Å². The van der Waals surface area contributed by atoms with Crippen molar-refractivity contribution in [2.45, 2.75) is 259 Å². The molecule has 314 valence electrons. The summed E-state index contributed by atoms with van der Waals surface area (Å²) in [6.07, 6.45) is 38.1. The molecule has 1 atom stereocenters. The van der Waals surface area contributed by atoms with Crippen molar-refractivity contribution in [3.05, 3.63) is 0 Å². The standard InChI is InChI=1S/C47H90O6/c1-6-7-8-9-10-11-14-19-22-29-34-39-47(50)53-44(41-52-46(49)38-33-28-24-23-26-31-36-43(4)5)40-51-45(48)37-32-27-21-18-16-13-12-15-17-20-25-30-35-42(2)3/h42-44H,6-41H2,1-5H3/t44-/m0/s1. The van der Waals surface area contributed by atoms with Gasteiger partial charge in [0.25, 0.3) is 0 Å². The van der Waals surface area contributed by atoms with Gasteiger partial charge in [0.1, 0.15) is 13.2 Å². The molecule has 0 fully saturated rings. The van der Waals surface area contributed by atoms with E-state index in [0.717, 1.165) is 69.6 Å². The van der Waals surface area contributed by atoms with Gasteiger partial charge in [-0.1, -0.05) is 214 Å². The molecule has 0 rings (SSSR count). The number of hydrogen-bond donors (Lipinski definition) is 0. The fourth-order valence-corrected chi connectivity index (χ4v) is 6.93. The van der Waals surface area contributed by atoms with Gasteiger partial charge in [0, 0.05) is 19.3 Å². The van der Waals surface area contributed by atoms with E-state index >= 15 is 0 Å². The van der Waals surface area contributed by atoms with Gasteiger partial charge in [-0.3, -0.25) is 14.4 Å². The molecule has 0 aromatic heterocycles. The highest BCUT2D eigenvalue weighted by Gasteiger charge is 2.19. The lowest BCUT2D eigenvalue weighted by Gasteiger charge is -2.18. The second-order valence-electron chi connectivity index (χ2n) is 17.0. The van der Waals surface area contributed by atoms with E-state index in [0.29, 0.717) is 19.3 Å². The predicted octanol–water partition coefficient (Wildman–Crippen LogP) is 14.6. The van der Waals surface area contributed by atoms with Gasteiger partial charge >= 0.3 is 17.9 Å². The maximum atomic E-state index is 12.7. The number of carbonyl (C=O) groups excluding carboxylic acids is 3. The van der Waals surface area contributed by atoms with Crippen LogP contribution in [-0.2, 0) is 28.6 Å². The third-order valence-electron chi connectivity index (χ3n) is 10.5. The lowest BCUT2D eigenvalue weighted by Crippen LogP contribution is -2.30. The van der Waals surface area contributed by atoms with Crippen LogP contribution in [0.4, 0.5) is 0 Å². The normalized spacial score (nSPS) is 12.1. The van der Waals surface area contributed by atoms with Crippen molar-refractivity contribution in [2.24, 2.45) is 11.8 Å². The van der Waals surface area contributed by atoms with Crippen LogP contribution in [0.15, 0.2) is 0 Å². The summed E-state index contributed by atoms with van der Waals surface area (Å²) < 4.78 is 16.7. The Balaban J connectivity index is 4.29. The third kappa shape index (κ3) is 41.4. The van der Waals surface area contributed by atoms with Gasteiger partial charge in [-0.05, 0) is 31.1 Å². The monoisotopic (exact) mass is 751 g/mol. The molecule has 0 heterocycles. The first-order chi connectivity index (χ1) is 25.7. The largest absolute Gasteiger partial charge is 0.462 e. The van der Waals surface area contributed by atoms with Crippen LogP contribution in [-0.4, -0.2) is 37.2 Å². The number of carbonyl (C=O) groups is 3. The molecule has 0 spiro atoms. The van der Waals surface area contributed by atoms with Gasteiger partial charge in [-0.25, -0.2) is 0 Å². The predicted molar refractivity (Wildman–Crippen MR) is 224 cm³/mol. The molecule has 0 unspecified atom stereocenters. The highest BCUT2D eigenvalue weighted by Crippen LogP contribution is 2.16. The minimum absolute atomic E-state index is 0.0653. The number of hydrogen-bond acceptors (Lipinski definition) is 6. The molecule has 0 aliphatic carbocycles. The van der Waals surface area contributed by atoms with Crippen molar-refractivity contribution in [3.8, 4) is 0 Å². The van der Waals surface area contributed by atoms with Crippen LogP contribution >= 0.6 is 0 Å². The molecule has 0 saturated carbocycles. The summed E-state index contributed by atoms with van der Waals surface area (Å²) in [7, 11) is 0. The molecule has 6 nitrogen and oxygen atoms in total. The van der Waals surface area contributed by atoms with E-state index < -0.39 is 6.10 Å². The Morgan fingerprint density at radius 1 is 0.358 bits per heavy atom. The molecule has 0 bridgehead atoms. The first kappa shape index (κ1) is 51.4. The van der Waals surface area contributed by atoms with Gasteiger partial charge in [0.05, 0.1) is 0 Å². The molecule has 0 aliphatic heterocycles. The maximum absolute atomic E-state index is 12.7. The van der Waals surface area contributed by atoms with Gasteiger partial charge in [-0.2, -0.15) is 0 Å². The first-order valence-electron chi connectivity index (χ1n) is 23.2. The summed E-state index contributed by atoms with van der Waals surface area (Å²) in [5.41, 5.74) is 0. The third-order valence-corrected chi connectivity index (χ3v) is 10.5. The van der Waals surface area contributed by atoms with Crippen molar-refractivity contribution in [2.75, 3.05) is 13.2 Å². The van der Waals surface area contributed by atoms with Gasteiger partial charge in [0.15, 0.2) is 6.10 Å². The Morgan fingerprint density at radius 2 is 0.623 bits per heavy atom. The first-order valence-corrected chi connectivity index (χ1v) is 23.2. The van der Waals surface area contributed by atoms with Crippen molar-refractivity contribution < 1.29 is 28.6 Å². The van der Waals surface area contributed by atoms with Crippen molar-refractivity contribution in [1.29, 1.82) is 0 Å². The number of rotatable bonds is 41. The van der Waals surface area contributed by atoms with E-state index in [4.69, 9.17) is 14.2 Å². The molecule has 0 aromatic carbocycles.